The predicted octanol–water partition coefficient (Wildman–Crippen LogP) is 1.10. The van der Waals surface area contributed by atoms with Crippen LogP contribution in [0.3, 0.4) is 0 Å². The standard InChI is InChI=1S/C12H14N2O2/c1-14-11-9(7-5-8(15)6-7)3-2-4-10(11)13-12(14)16/h2-4,7-8,15H,5-6H2,1H3,(H,13,16). The van der Waals surface area contributed by atoms with Crippen molar-refractivity contribution in [2.24, 2.45) is 7.05 Å². The molecule has 16 heavy (non-hydrogen) atoms. The number of aryl methyl sites for hydroxylation is 1. The highest BCUT2D eigenvalue weighted by atomic mass is 16.3. The van der Waals surface area contributed by atoms with Gasteiger partial charge in [-0.1, -0.05) is 12.1 Å². The van der Waals surface area contributed by atoms with E-state index in [0.29, 0.717) is 5.92 Å². The van der Waals surface area contributed by atoms with E-state index in [2.05, 4.69) is 4.98 Å². The number of hydrogen-bond acceptors (Lipinski definition) is 2. The molecular weight excluding hydrogens is 204 g/mol. The lowest BCUT2D eigenvalue weighted by Gasteiger charge is -2.32. The Morgan fingerprint density at radius 1 is 1.44 bits per heavy atom. The van der Waals surface area contributed by atoms with Gasteiger partial charge in [-0.2, -0.15) is 0 Å². The van der Waals surface area contributed by atoms with Crippen LogP contribution in [-0.4, -0.2) is 20.8 Å². The maximum atomic E-state index is 11.5. The van der Waals surface area contributed by atoms with Crippen LogP contribution in [0, 0.1) is 0 Å². The molecular formula is C12H14N2O2. The lowest BCUT2D eigenvalue weighted by atomic mass is 9.77. The van der Waals surface area contributed by atoms with E-state index in [9.17, 15) is 9.90 Å². The zero-order valence-corrected chi connectivity index (χ0v) is 9.10. The Hall–Kier alpha value is -1.55. The average molecular weight is 218 g/mol. The molecule has 0 radical (unpaired) electrons. The van der Waals surface area contributed by atoms with Crippen LogP contribution in [0.5, 0.6) is 0 Å². The molecule has 4 heteroatoms. The number of H-pyrrole nitrogens is 1. The number of aliphatic hydroxyl groups excluding tert-OH is 1. The number of imidazole rings is 1. The lowest BCUT2D eigenvalue weighted by Crippen LogP contribution is -2.27. The third-order valence-electron chi connectivity index (χ3n) is 3.50. The van der Waals surface area contributed by atoms with Crippen molar-refractivity contribution in [3.8, 4) is 0 Å². The van der Waals surface area contributed by atoms with E-state index in [1.165, 1.54) is 5.56 Å². The van der Waals surface area contributed by atoms with Crippen LogP contribution in [0.1, 0.15) is 24.3 Å². The van der Waals surface area contributed by atoms with Gasteiger partial charge in [0.2, 0.25) is 0 Å². The van der Waals surface area contributed by atoms with E-state index < -0.39 is 0 Å². The number of aromatic nitrogens is 2. The van der Waals surface area contributed by atoms with Crippen molar-refractivity contribution in [1.29, 1.82) is 0 Å². The van der Waals surface area contributed by atoms with Gasteiger partial charge < -0.3 is 10.1 Å². The summed E-state index contributed by atoms with van der Waals surface area (Å²) in [5.41, 5.74) is 2.95. The van der Waals surface area contributed by atoms with Crippen molar-refractivity contribution in [3.63, 3.8) is 0 Å². The van der Waals surface area contributed by atoms with Crippen molar-refractivity contribution >= 4 is 11.0 Å². The highest BCUT2D eigenvalue weighted by Crippen LogP contribution is 2.39. The Bertz CT molecular complexity index is 591. The van der Waals surface area contributed by atoms with Gasteiger partial charge in [0.1, 0.15) is 0 Å². The summed E-state index contributed by atoms with van der Waals surface area (Å²) in [4.78, 5) is 14.4. The Balaban J connectivity index is 2.20. The maximum absolute atomic E-state index is 11.5. The van der Waals surface area contributed by atoms with Crippen LogP contribution >= 0.6 is 0 Å². The number of hydrogen-bond donors (Lipinski definition) is 2. The molecule has 2 N–H and O–H groups in total. The van der Waals surface area contributed by atoms with Crippen LogP contribution in [0.2, 0.25) is 0 Å². The minimum absolute atomic E-state index is 0.0812. The third-order valence-corrected chi connectivity index (χ3v) is 3.50. The van der Waals surface area contributed by atoms with E-state index in [4.69, 9.17) is 0 Å². The average Bonchev–Trinajstić information content (AvgIpc) is 2.51. The zero-order chi connectivity index (χ0) is 11.3. The molecule has 1 heterocycles. The second-order valence-electron chi connectivity index (χ2n) is 4.55. The number of nitrogens with zero attached hydrogens (tertiary/aromatic N) is 1. The lowest BCUT2D eigenvalue weighted by molar-refractivity contribution is 0.0750. The normalized spacial score (nSPS) is 24.6. The number of para-hydroxylation sites is 1. The first kappa shape index (κ1) is 9.66. The second-order valence-corrected chi connectivity index (χ2v) is 4.55. The van der Waals surface area contributed by atoms with Crippen molar-refractivity contribution in [3.05, 3.63) is 34.2 Å². The molecule has 0 aliphatic heterocycles. The van der Waals surface area contributed by atoms with Gasteiger partial charge in [0, 0.05) is 7.05 Å². The van der Waals surface area contributed by atoms with Crippen LogP contribution in [0.15, 0.2) is 23.0 Å². The highest BCUT2D eigenvalue weighted by Gasteiger charge is 2.30. The number of aliphatic hydroxyl groups is 1. The quantitative estimate of drug-likeness (QED) is 0.753. The van der Waals surface area contributed by atoms with Gasteiger partial charge in [0.05, 0.1) is 17.1 Å². The van der Waals surface area contributed by atoms with Gasteiger partial charge in [0.25, 0.3) is 0 Å². The van der Waals surface area contributed by atoms with Gasteiger partial charge in [-0.3, -0.25) is 4.57 Å². The van der Waals surface area contributed by atoms with E-state index >= 15 is 0 Å². The first-order valence-electron chi connectivity index (χ1n) is 5.52. The number of benzene rings is 1. The largest absolute Gasteiger partial charge is 0.393 e. The highest BCUT2D eigenvalue weighted by molar-refractivity contribution is 5.79. The van der Waals surface area contributed by atoms with Crippen molar-refractivity contribution in [2.75, 3.05) is 0 Å². The molecule has 0 unspecified atom stereocenters. The molecule has 1 saturated carbocycles. The SMILES string of the molecule is Cn1c(=O)[nH]c2cccc(C3CC(O)C3)c21. The number of aromatic amines is 1. The van der Waals surface area contributed by atoms with Gasteiger partial charge >= 0.3 is 5.69 Å². The fourth-order valence-corrected chi connectivity index (χ4v) is 2.51. The number of nitrogens with one attached hydrogen (secondary N) is 1. The summed E-state index contributed by atoms with van der Waals surface area (Å²) in [6.45, 7) is 0. The molecule has 0 saturated heterocycles. The van der Waals surface area contributed by atoms with Crippen LogP contribution < -0.4 is 5.69 Å². The molecule has 3 rings (SSSR count). The van der Waals surface area contributed by atoms with Crippen LogP contribution in [0.4, 0.5) is 0 Å². The van der Waals surface area contributed by atoms with E-state index in [-0.39, 0.29) is 11.8 Å². The summed E-state index contributed by atoms with van der Waals surface area (Å²) >= 11 is 0. The Morgan fingerprint density at radius 2 is 2.19 bits per heavy atom. The van der Waals surface area contributed by atoms with Crippen molar-refractivity contribution < 1.29 is 5.11 Å². The molecule has 0 bridgehead atoms. The van der Waals surface area contributed by atoms with Crippen molar-refractivity contribution in [1.82, 2.24) is 9.55 Å². The number of rotatable bonds is 1. The Labute approximate surface area is 92.5 Å². The summed E-state index contributed by atoms with van der Waals surface area (Å²) < 4.78 is 1.65. The summed E-state index contributed by atoms with van der Waals surface area (Å²) in [5.74, 6) is 0.389. The predicted molar refractivity (Wildman–Crippen MR) is 61.5 cm³/mol. The van der Waals surface area contributed by atoms with E-state index in [1.807, 2.05) is 18.2 Å². The van der Waals surface area contributed by atoms with Gasteiger partial charge in [0.15, 0.2) is 0 Å². The summed E-state index contributed by atoms with van der Waals surface area (Å²) in [6, 6.07) is 5.92. The van der Waals surface area contributed by atoms with Crippen LogP contribution in [-0.2, 0) is 7.05 Å². The smallest absolute Gasteiger partial charge is 0.326 e. The minimum atomic E-state index is -0.170. The number of fused-ring (bicyclic) bond motifs is 1. The van der Waals surface area contributed by atoms with Crippen LogP contribution in [0.25, 0.3) is 11.0 Å². The molecule has 1 aromatic carbocycles. The fraction of sp³-hybridized carbons (Fsp3) is 0.417. The molecule has 1 aromatic heterocycles. The summed E-state index contributed by atoms with van der Waals surface area (Å²) in [6.07, 6.45) is 1.44. The molecule has 1 aliphatic rings. The minimum Gasteiger partial charge on any atom is -0.393 e. The molecule has 4 nitrogen and oxygen atoms in total. The third kappa shape index (κ3) is 1.23. The van der Waals surface area contributed by atoms with E-state index in [1.54, 1.807) is 11.6 Å². The molecule has 2 aromatic rings. The first-order valence-corrected chi connectivity index (χ1v) is 5.52. The molecule has 84 valence electrons. The first-order chi connectivity index (χ1) is 7.66. The van der Waals surface area contributed by atoms with Gasteiger partial charge in [-0.15, -0.1) is 0 Å². The summed E-state index contributed by atoms with van der Waals surface area (Å²) in [7, 11) is 1.78. The van der Waals surface area contributed by atoms with Crippen molar-refractivity contribution in [2.45, 2.75) is 24.9 Å². The second kappa shape index (κ2) is 3.22. The maximum Gasteiger partial charge on any atom is 0.326 e. The van der Waals surface area contributed by atoms with Gasteiger partial charge in [-0.05, 0) is 30.4 Å². The monoisotopic (exact) mass is 218 g/mol. The fourth-order valence-electron chi connectivity index (χ4n) is 2.51. The van der Waals surface area contributed by atoms with Gasteiger partial charge in [-0.25, -0.2) is 4.79 Å². The molecule has 1 aliphatic carbocycles. The topological polar surface area (TPSA) is 58.0 Å². The zero-order valence-electron chi connectivity index (χ0n) is 9.10. The Kier molecular flexibility index (Phi) is 1.94. The molecule has 0 atom stereocenters. The molecule has 0 spiro atoms. The van der Waals surface area contributed by atoms with E-state index in [0.717, 1.165) is 23.9 Å². The molecule has 0 amide bonds. The Morgan fingerprint density at radius 3 is 2.88 bits per heavy atom. The summed E-state index contributed by atoms with van der Waals surface area (Å²) in [5, 5.41) is 9.35. The molecule has 1 fully saturated rings.